The Hall–Kier alpha value is -0.910. The maximum absolute atomic E-state index is 5.02. The Bertz CT molecular complexity index is 331. The summed E-state index contributed by atoms with van der Waals surface area (Å²) in [5, 5.41) is 7.35. The predicted octanol–water partition coefficient (Wildman–Crippen LogP) is 0.320. The van der Waals surface area contributed by atoms with E-state index in [9.17, 15) is 0 Å². The van der Waals surface area contributed by atoms with Crippen LogP contribution in [0.2, 0.25) is 0 Å². The molecular weight excluding hydrogens is 216 g/mol. The van der Waals surface area contributed by atoms with Crippen molar-refractivity contribution in [2.75, 3.05) is 46.3 Å². The average molecular weight is 238 g/mol. The van der Waals surface area contributed by atoms with Crippen LogP contribution in [0.5, 0.6) is 0 Å². The number of rotatable bonds is 5. The molecular formula is C12H22N4O. The number of likely N-dealkylation sites (N-methyl/N-ethyl adjacent to an activating group) is 1. The lowest BCUT2D eigenvalue weighted by molar-refractivity contribution is 0.154. The van der Waals surface area contributed by atoms with Crippen LogP contribution in [0.4, 0.5) is 0 Å². The zero-order valence-corrected chi connectivity index (χ0v) is 10.8. The summed E-state index contributed by atoms with van der Waals surface area (Å²) in [6, 6.07) is 1.98. The van der Waals surface area contributed by atoms with E-state index in [0.717, 1.165) is 31.1 Å². The van der Waals surface area contributed by atoms with Gasteiger partial charge in [0.05, 0.1) is 5.69 Å². The van der Waals surface area contributed by atoms with Gasteiger partial charge in [-0.15, -0.1) is 0 Å². The number of hydrogen-bond acceptors (Lipinski definition) is 5. The Balaban J connectivity index is 1.57. The summed E-state index contributed by atoms with van der Waals surface area (Å²) < 4.78 is 5.02. The van der Waals surface area contributed by atoms with Crippen molar-refractivity contribution in [1.82, 2.24) is 20.3 Å². The first-order valence-electron chi connectivity index (χ1n) is 6.28. The first kappa shape index (κ1) is 12.5. The third-order valence-electron chi connectivity index (χ3n) is 3.18. The molecule has 0 unspecified atom stereocenters. The zero-order chi connectivity index (χ0) is 12.1. The third kappa shape index (κ3) is 4.11. The molecule has 1 aromatic rings. The highest BCUT2D eigenvalue weighted by molar-refractivity contribution is 5.02. The molecule has 0 spiro atoms. The van der Waals surface area contributed by atoms with E-state index in [2.05, 4.69) is 27.3 Å². The van der Waals surface area contributed by atoms with Crippen LogP contribution >= 0.6 is 0 Å². The van der Waals surface area contributed by atoms with E-state index >= 15 is 0 Å². The highest BCUT2D eigenvalue weighted by Crippen LogP contribution is 2.01. The first-order valence-corrected chi connectivity index (χ1v) is 6.28. The van der Waals surface area contributed by atoms with Crippen LogP contribution in [0.15, 0.2) is 10.6 Å². The Kier molecular flexibility index (Phi) is 4.53. The summed E-state index contributed by atoms with van der Waals surface area (Å²) in [6.45, 7) is 9.57. The molecule has 0 aliphatic carbocycles. The second kappa shape index (κ2) is 6.14. The molecule has 1 aliphatic rings. The molecule has 1 N–H and O–H groups in total. The topological polar surface area (TPSA) is 44.5 Å². The van der Waals surface area contributed by atoms with Crippen molar-refractivity contribution in [3.8, 4) is 0 Å². The van der Waals surface area contributed by atoms with Crippen LogP contribution in [-0.2, 0) is 6.54 Å². The highest BCUT2D eigenvalue weighted by atomic mass is 16.5. The first-order chi connectivity index (χ1) is 8.24. The summed E-state index contributed by atoms with van der Waals surface area (Å²) in [5.74, 6) is 0.876. The van der Waals surface area contributed by atoms with E-state index in [1.165, 1.54) is 26.2 Å². The third-order valence-corrected chi connectivity index (χ3v) is 3.18. The van der Waals surface area contributed by atoms with E-state index in [-0.39, 0.29) is 0 Å². The number of aromatic nitrogens is 1. The molecule has 1 saturated heterocycles. The van der Waals surface area contributed by atoms with Crippen molar-refractivity contribution in [2.24, 2.45) is 0 Å². The summed E-state index contributed by atoms with van der Waals surface area (Å²) in [5.41, 5.74) is 0.987. The van der Waals surface area contributed by atoms with Crippen molar-refractivity contribution in [2.45, 2.75) is 13.5 Å². The van der Waals surface area contributed by atoms with Gasteiger partial charge in [-0.05, 0) is 14.0 Å². The largest absolute Gasteiger partial charge is 0.361 e. The van der Waals surface area contributed by atoms with Gasteiger partial charge in [-0.2, -0.15) is 0 Å². The van der Waals surface area contributed by atoms with Crippen LogP contribution in [0.1, 0.15) is 11.5 Å². The standard InChI is InChI=1S/C12H22N4O/c1-11-9-12(14-17-11)10-13-3-4-16-7-5-15(2)6-8-16/h9,13H,3-8,10H2,1-2H3. The summed E-state index contributed by atoms with van der Waals surface area (Å²) >= 11 is 0. The van der Waals surface area contributed by atoms with Crippen LogP contribution < -0.4 is 5.32 Å². The summed E-state index contributed by atoms with van der Waals surface area (Å²) in [7, 11) is 2.18. The summed E-state index contributed by atoms with van der Waals surface area (Å²) in [6.07, 6.45) is 0. The van der Waals surface area contributed by atoms with Crippen LogP contribution in [0.25, 0.3) is 0 Å². The molecule has 0 bridgehead atoms. The molecule has 5 nitrogen and oxygen atoms in total. The van der Waals surface area contributed by atoms with Gasteiger partial charge < -0.3 is 14.7 Å². The van der Waals surface area contributed by atoms with E-state index in [0.29, 0.717) is 0 Å². The Morgan fingerprint density at radius 2 is 2.12 bits per heavy atom. The predicted molar refractivity (Wildman–Crippen MR) is 66.9 cm³/mol. The van der Waals surface area contributed by atoms with E-state index in [4.69, 9.17) is 4.52 Å². The van der Waals surface area contributed by atoms with Gasteiger partial charge in [-0.3, -0.25) is 4.90 Å². The molecule has 0 saturated carbocycles. The molecule has 1 fully saturated rings. The van der Waals surface area contributed by atoms with Crippen molar-refractivity contribution >= 4 is 0 Å². The fourth-order valence-corrected chi connectivity index (χ4v) is 2.03. The van der Waals surface area contributed by atoms with Crippen LogP contribution in [0.3, 0.4) is 0 Å². The van der Waals surface area contributed by atoms with E-state index < -0.39 is 0 Å². The van der Waals surface area contributed by atoms with Crippen molar-refractivity contribution < 1.29 is 4.52 Å². The monoisotopic (exact) mass is 238 g/mol. The minimum absolute atomic E-state index is 0.797. The average Bonchev–Trinajstić information content (AvgIpc) is 2.73. The number of nitrogens with one attached hydrogen (secondary N) is 1. The quantitative estimate of drug-likeness (QED) is 0.749. The lowest BCUT2D eigenvalue weighted by Gasteiger charge is -2.32. The zero-order valence-electron chi connectivity index (χ0n) is 10.8. The molecule has 2 rings (SSSR count). The lowest BCUT2D eigenvalue weighted by atomic mass is 10.3. The second-order valence-electron chi connectivity index (χ2n) is 4.75. The van der Waals surface area contributed by atoms with Gasteiger partial charge in [-0.25, -0.2) is 0 Å². The molecule has 17 heavy (non-hydrogen) atoms. The summed E-state index contributed by atoms with van der Waals surface area (Å²) in [4.78, 5) is 4.88. The van der Waals surface area contributed by atoms with Gasteiger partial charge in [-0.1, -0.05) is 5.16 Å². The molecule has 96 valence electrons. The molecule has 2 heterocycles. The van der Waals surface area contributed by atoms with Gasteiger partial charge in [0, 0.05) is 51.9 Å². The molecule has 0 aromatic carbocycles. The van der Waals surface area contributed by atoms with Gasteiger partial charge in [0.2, 0.25) is 0 Å². The van der Waals surface area contributed by atoms with Crippen molar-refractivity contribution in [3.63, 3.8) is 0 Å². The van der Waals surface area contributed by atoms with E-state index in [1.54, 1.807) is 0 Å². The number of aryl methyl sites for hydroxylation is 1. The molecule has 0 amide bonds. The highest BCUT2D eigenvalue weighted by Gasteiger charge is 2.12. The van der Waals surface area contributed by atoms with Crippen molar-refractivity contribution in [1.29, 1.82) is 0 Å². The maximum atomic E-state index is 5.02. The Morgan fingerprint density at radius 1 is 1.35 bits per heavy atom. The molecule has 1 aromatic heterocycles. The van der Waals surface area contributed by atoms with Crippen molar-refractivity contribution in [3.05, 3.63) is 17.5 Å². The van der Waals surface area contributed by atoms with Gasteiger partial charge >= 0.3 is 0 Å². The number of piperazine rings is 1. The minimum Gasteiger partial charge on any atom is -0.361 e. The Labute approximate surface area is 103 Å². The molecule has 1 aliphatic heterocycles. The molecule has 0 radical (unpaired) electrons. The van der Waals surface area contributed by atoms with Crippen LogP contribution in [-0.4, -0.2) is 61.3 Å². The molecule has 0 atom stereocenters. The number of hydrogen-bond donors (Lipinski definition) is 1. The molecule has 5 heteroatoms. The van der Waals surface area contributed by atoms with Gasteiger partial charge in [0.1, 0.15) is 5.76 Å². The van der Waals surface area contributed by atoms with Crippen LogP contribution in [0, 0.1) is 6.92 Å². The number of nitrogens with zero attached hydrogens (tertiary/aromatic N) is 3. The minimum atomic E-state index is 0.797. The fourth-order valence-electron chi connectivity index (χ4n) is 2.03. The second-order valence-corrected chi connectivity index (χ2v) is 4.75. The van der Waals surface area contributed by atoms with Gasteiger partial charge in [0.15, 0.2) is 0 Å². The lowest BCUT2D eigenvalue weighted by Crippen LogP contribution is -2.46. The SMILES string of the molecule is Cc1cc(CNCCN2CCN(C)CC2)no1. The van der Waals surface area contributed by atoms with E-state index in [1.807, 2.05) is 13.0 Å². The Morgan fingerprint density at radius 3 is 2.76 bits per heavy atom. The fraction of sp³-hybridized carbons (Fsp3) is 0.750. The van der Waals surface area contributed by atoms with Gasteiger partial charge in [0.25, 0.3) is 0 Å². The maximum Gasteiger partial charge on any atom is 0.133 e. The smallest absolute Gasteiger partial charge is 0.133 e. The normalized spacial score (nSPS) is 18.7.